The van der Waals surface area contributed by atoms with Crippen molar-refractivity contribution in [1.29, 1.82) is 0 Å². The maximum absolute atomic E-state index is 11.9. The van der Waals surface area contributed by atoms with Crippen LogP contribution in [0, 0.1) is 5.92 Å². The fourth-order valence-electron chi connectivity index (χ4n) is 2.18. The first-order valence-electron chi connectivity index (χ1n) is 6.77. The van der Waals surface area contributed by atoms with Crippen LogP contribution in [0.2, 0.25) is 0 Å². The van der Waals surface area contributed by atoms with Crippen molar-refractivity contribution in [3.05, 3.63) is 28.7 Å². The first-order chi connectivity index (χ1) is 9.15. The van der Waals surface area contributed by atoms with Gasteiger partial charge in [-0.15, -0.1) is 0 Å². The van der Waals surface area contributed by atoms with Gasteiger partial charge < -0.3 is 5.32 Å². The predicted molar refractivity (Wildman–Crippen MR) is 75.4 cm³/mol. The number of pyridine rings is 1. The molecule has 1 aliphatic carbocycles. The summed E-state index contributed by atoms with van der Waals surface area (Å²) in [5, 5.41) is 4.14. The third-order valence-corrected chi connectivity index (χ3v) is 3.43. The van der Waals surface area contributed by atoms with Crippen LogP contribution in [0.1, 0.15) is 32.7 Å². The quantitative estimate of drug-likeness (QED) is 0.913. The summed E-state index contributed by atoms with van der Waals surface area (Å²) in [6.07, 6.45) is 4.35. The highest BCUT2D eigenvalue weighted by Crippen LogP contribution is 2.28. The average Bonchev–Trinajstić information content (AvgIpc) is 3.19. The highest BCUT2D eigenvalue weighted by atomic mass is 16.1. The van der Waals surface area contributed by atoms with Crippen molar-refractivity contribution >= 4 is 17.0 Å². The molecule has 0 atom stereocenters. The van der Waals surface area contributed by atoms with Crippen molar-refractivity contribution in [3.8, 4) is 0 Å². The number of aromatic nitrogens is 3. The molecule has 100 valence electrons. The Morgan fingerprint density at radius 3 is 2.89 bits per heavy atom. The molecule has 1 N–H and O–H groups in total. The molecule has 0 spiro atoms. The maximum atomic E-state index is 11.9. The number of nitrogens with one attached hydrogen (secondary N) is 1. The zero-order valence-corrected chi connectivity index (χ0v) is 11.3. The molecule has 2 aromatic heterocycles. The largest absolute Gasteiger partial charge is 0.354 e. The number of hydrogen-bond acceptors (Lipinski definition) is 4. The van der Waals surface area contributed by atoms with E-state index in [1.54, 1.807) is 22.9 Å². The second-order valence-electron chi connectivity index (χ2n) is 5.43. The summed E-state index contributed by atoms with van der Waals surface area (Å²) in [7, 11) is 0. The predicted octanol–water partition coefficient (Wildman–Crippen LogP) is 2.19. The smallest absolute Gasteiger partial charge is 0.252 e. The van der Waals surface area contributed by atoms with Gasteiger partial charge in [-0.2, -0.15) is 4.98 Å². The molecule has 1 saturated carbocycles. The van der Waals surface area contributed by atoms with Gasteiger partial charge in [0.25, 0.3) is 5.56 Å². The van der Waals surface area contributed by atoms with Crippen LogP contribution < -0.4 is 10.9 Å². The van der Waals surface area contributed by atoms with Gasteiger partial charge in [-0.05, 0) is 38.7 Å². The van der Waals surface area contributed by atoms with Gasteiger partial charge in [-0.1, -0.05) is 0 Å². The van der Waals surface area contributed by atoms with Crippen molar-refractivity contribution in [2.75, 3.05) is 11.9 Å². The van der Waals surface area contributed by atoms with Gasteiger partial charge in [-0.25, -0.2) is 4.98 Å². The normalized spacial score (nSPS) is 15.1. The Bertz CT molecular complexity index is 658. The van der Waals surface area contributed by atoms with E-state index in [2.05, 4.69) is 15.3 Å². The zero-order chi connectivity index (χ0) is 13.4. The molecule has 0 unspecified atom stereocenters. The van der Waals surface area contributed by atoms with Crippen LogP contribution in [0.15, 0.2) is 23.1 Å². The van der Waals surface area contributed by atoms with Gasteiger partial charge in [0.1, 0.15) is 5.65 Å². The molecule has 0 bridgehead atoms. The second kappa shape index (κ2) is 4.64. The van der Waals surface area contributed by atoms with Crippen molar-refractivity contribution in [3.63, 3.8) is 0 Å². The minimum atomic E-state index is -0.0191. The summed E-state index contributed by atoms with van der Waals surface area (Å²) in [6.45, 7) is 4.89. The molecule has 1 aliphatic rings. The maximum Gasteiger partial charge on any atom is 0.252 e. The van der Waals surface area contributed by atoms with E-state index < -0.39 is 0 Å². The Morgan fingerprint density at radius 1 is 1.42 bits per heavy atom. The van der Waals surface area contributed by atoms with Crippen molar-refractivity contribution in [2.24, 2.45) is 5.92 Å². The molecule has 1 fully saturated rings. The zero-order valence-electron chi connectivity index (χ0n) is 11.3. The molecule has 3 rings (SSSR count). The lowest BCUT2D eigenvalue weighted by Crippen LogP contribution is -2.22. The molecular weight excluding hydrogens is 240 g/mol. The summed E-state index contributed by atoms with van der Waals surface area (Å²) < 4.78 is 1.71. The van der Waals surface area contributed by atoms with Gasteiger partial charge >= 0.3 is 0 Å². The number of fused-ring (bicyclic) bond motifs is 1. The first-order valence-corrected chi connectivity index (χ1v) is 6.77. The highest BCUT2D eigenvalue weighted by Gasteiger charge is 2.21. The molecular formula is C14H18N4O. The molecule has 2 heterocycles. The molecule has 0 amide bonds. The summed E-state index contributed by atoms with van der Waals surface area (Å²) in [6, 6.07) is 3.44. The van der Waals surface area contributed by atoms with Crippen LogP contribution in [0.3, 0.4) is 0 Å². The van der Waals surface area contributed by atoms with E-state index in [9.17, 15) is 4.79 Å². The van der Waals surface area contributed by atoms with Crippen molar-refractivity contribution in [2.45, 2.75) is 32.7 Å². The third kappa shape index (κ3) is 2.45. The monoisotopic (exact) mass is 258 g/mol. The number of anilines is 1. The van der Waals surface area contributed by atoms with Crippen molar-refractivity contribution in [1.82, 2.24) is 14.5 Å². The molecule has 5 nitrogen and oxygen atoms in total. The minimum absolute atomic E-state index is 0.0191. The summed E-state index contributed by atoms with van der Waals surface area (Å²) >= 11 is 0. The molecule has 0 radical (unpaired) electrons. The minimum Gasteiger partial charge on any atom is -0.354 e. The Labute approximate surface area is 111 Å². The first kappa shape index (κ1) is 12.1. The number of hydrogen-bond donors (Lipinski definition) is 1. The van der Waals surface area contributed by atoms with E-state index >= 15 is 0 Å². The van der Waals surface area contributed by atoms with E-state index in [4.69, 9.17) is 0 Å². The lowest BCUT2D eigenvalue weighted by Gasteiger charge is -2.13. The summed E-state index contributed by atoms with van der Waals surface area (Å²) in [5.41, 5.74) is 0.685. The highest BCUT2D eigenvalue weighted by molar-refractivity contribution is 5.75. The van der Waals surface area contributed by atoms with E-state index in [1.165, 1.54) is 12.8 Å². The molecule has 2 aromatic rings. The third-order valence-electron chi connectivity index (χ3n) is 3.43. The molecule has 0 aliphatic heterocycles. The molecule has 19 heavy (non-hydrogen) atoms. The topological polar surface area (TPSA) is 59.8 Å². The van der Waals surface area contributed by atoms with Crippen LogP contribution in [0.4, 0.5) is 5.95 Å². The van der Waals surface area contributed by atoms with Gasteiger partial charge in [0, 0.05) is 30.2 Å². The van der Waals surface area contributed by atoms with Crippen LogP contribution in [0.25, 0.3) is 11.0 Å². The van der Waals surface area contributed by atoms with Gasteiger partial charge in [0.15, 0.2) is 0 Å². The van der Waals surface area contributed by atoms with Crippen molar-refractivity contribution < 1.29 is 0 Å². The van der Waals surface area contributed by atoms with E-state index in [-0.39, 0.29) is 11.6 Å². The second-order valence-corrected chi connectivity index (χ2v) is 5.43. The van der Waals surface area contributed by atoms with E-state index in [0.717, 1.165) is 17.8 Å². The fourth-order valence-corrected chi connectivity index (χ4v) is 2.18. The SMILES string of the molecule is CC(C)n1c(=O)ccc2cnc(NCC3CC3)nc21. The fraction of sp³-hybridized carbons (Fsp3) is 0.500. The van der Waals surface area contributed by atoms with Crippen LogP contribution in [0.5, 0.6) is 0 Å². The number of nitrogens with zero attached hydrogens (tertiary/aromatic N) is 3. The lowest BCUT2D eigenvalue weighted by atomic mass is 10.3. The standard InChI is InChI=1S/C14H18N4O/c1-9(2)18-12(19)6-5-11-8-16-14(17-13(11)18)15-7-10-3-4-10/h5-6,8-10H,3-4,7H2,1-2H3,(H,15,16,17). The summed E-state index contributed by atoms with van der Waals surface area (Å²) in [4.78, 5) is 20.7. The summed E-state index contributed by atoms with van der Waals surface area (Å²) in [5.74, 6) is 1.38. The number of rotatable bonds is 4. The Hall–Kier alpha value is -1.91. The van der Waals surface area contributed by atoms with Gasteiger partial charge in [-0.3, -0.25) is 9.36 Å². The van der Waals surface area contributed by atoms with Crippen LogP contribution in [-0.4, -0.2) is 21.1 Å². The van der Waals surface area contributed by atoms with E-state index in [1.807, 2.05) is 13.8 Å². The van der Waals surface area contributed by atoms with Gasteiger partial charge in [0.05, 0.1) is 0 Å². The van der Waals surface area contributed by atoms with Crippen LogP contribution in [-0.2, 0) is 0 Å². The average molecular weight is 258 g/mol. The van der Waals surface area contributed by atoms with E-state index in [0.29, 0.717) is 11.6 Å². The Morgan fingerprint density at radius 2 is 2.21 bits per heavy atom. The van der Waals surface area contributed by atoms with Gasteiger partial charge in [0.2, 0.25) is 5.95 Å². The van der Waals surface area contributed by atoms with Crippen LogP contribution >= 0.6 is 0 Å². The lowest BCUT2D eigenvalue weighted by molar-refractivity contribution is 0.595. The Kier molecular flexibility index (Phi) is 2.97. The molecule has 0 saturated heterocycles. The molecule has 0 aromatic carbocycles. The Balaban J connectivity index is 2.03. The molecule has 5 heteroatoms.